The van der Waals surface area contributed by atoms with Gasteiger partial charge in [-0.2, -0.15) is 5.26 Å². The number of anilines is 1. The lowest BCUT2D eigenvalue weighted by Crippen LogP contribution is -2.42. The molecule has 1 unspecified atom stereocenters. The summed E-state index contributed by atoms with van der Waals surface area (Å²) in [5, 5.41) is 12.6. The highest BCUT2D eigenvalue weighted by molar-refractivity contribution is 5.88. The molecule has 0 bridgehead atoms. The van der Waals surface area contributed by atoms with Crippen LogP contribution in [0.3, 0.4) is 0 Å². The first-order valence-electron chi connectivity index (χ1n) is 10.1. The van der Waals surface area contributed by atoms with Crippen LogP contribution in [-0.2, 0) is 11.2 Å². The molecule has 0 saturated carbocycles. The smallest absolute Gasteiger partial charge is 0.243 e. The molecule has 5 rings (SSSR count). The molecule has 0 aliphatic carbocycles. The van der Waals surface area contributed by atoms with Crippen molar-refractivity contribution in [1.29, 1.82) is 5.26 Å². The molecular weight excluding hydrogens is 374 g/mol. The number of nitrogens with zero attached hydrogens (tertiary/aromatic N) is 2. The van der Waals surface area contributed by atoms with E-state index < -0.39 is 5.41 Å². The second-order valence-corrected chi connectivity index (χ2v) is 7.93. The fourth-order valence-electron chi connectivity index (χ4n) is 4.35. The Bertz CT molecular complexity index is 1140. The van der Waals surface area contributed by atoms with Crippen molar-refractivity contribution in [1.82, 2.24) is 4.90 Å². The van der Waals surface area contributed by atoms with Crippen molar-refractivity contribution >= 4 is 11.6 Å². The third kappa shape index (κ3) is 3.17. The molecule has 1 amide bonds. The van der Waals surface area contributed by atoms with Crippen molar-refractivity contribution in [2.75, 3.05) is 18.4 Å². The first-order chi connectivity index (χ1) is 14.7. The molecule has 1 N–H and O–H groups in total. The first kappa shape index (κ1) is 18.3. The third-order valence-corrected chi connectivity index (χ3v) is 6.06. The number of fused-ring (bicyclic) bond motifs is 1. The largest absolute Gasteiger partial charge is 0.457 e. The number of likely N-dealkylation sites (tertiary alicyclic amines) is 1. The van der Waals surface area contributed by atoms with E-state index in [1.54, 1.807) is 0 Å². The highest BCUT2D eigenvalue weighted by Gasteiger charge is 2.48. The summed E-state index contributed by atoms with van der Waals surface area (Å²) >= 11 is 0. The lowest BCUT2D eigenvalue weighted by molar-refractivity contribution is -0.133. The van der Waals surface area contributed by atoms with Gasteiger partial charge in [-0.3, -0.25) is 4.79 Å². The normalized spacial score (nSPS) is 19.8. The summed E-state index contributed by atoms with van der Waals surface area (Å²) in [5.41, 5.74) is 3.92. The Balaban J connectivity index is 1.34. The summed E-state index contributed by atoms with van der Waals surface area (Å²) in [7, 11) is 0. The summed E-state index contributed by atoms with van der Waals surface area (Å²) in [6.07, 6.45) is 3.40. The summed E-state index contributed by atoms with van der Waals surface area (Å²) in [6, 6.07) is 24.1. The fraction of sp³-hybridized carbons (Fsp3) is 0.200. The summed E-state index contributed by atoms with van der Waals surface area (Å²) in [6.45, 7) is 1.09. The minimum Gasteiger partial charge on any atom is -0.457 e. The molecule has 148 valence electrons. The molecule has 3 aromatic rings. The van der Waals surface area contributed by atoms with E-state index in [-0.39, 0.29) is 5.91 Å². The van der Waals surface area contributed by atoms with E-state index in [2.05, 4.69) is 35.6 Å². The number of hydrogen-bond acceptors (Lipinski definition) is 4. The van der Waals surface area contributed by atoms with E-state index in [0.717, 1.165) is 40.3 Å². The van der Waals surface area contributed by atoms with Gasteiger partial charge in [0.05, 0.1) is 5.41 Å². The van der Waals surface area contributed by atoms with Gasteiger partial charge >= 0.3 is 0 Å². The van der Waals surface area contributed by atoms with Crippen LogP contribution in [0.4, 0.5) is 5.69 Å². The third-order valence-electron chi connectivity index (χ3n) is 6.06. The average Bonchev–Trinajstić information content (AvgIpc) is 3.09. The van der Waals surface area contributed by atoms with Crippen LogP contribution in [0.15, 0.2) is 72.8 Å². The summed E-state index contributed by atoms with van der Waals surface area (Å²) in [4.78, 5) is 13.9. The molecule has 1 saturated heterocycles. The molecule has 5 heteroatoms. The van der Waals surface area contributed by atoms with Gasteiger partial charge in [-0.15, -0.1) is 0 Å². The minimum atomic E-state index is -0.485. The lowest BCUT2D eigenvalue weighted by Gasteiger charge is -2.33. The van der Waals surface area contributed by atoms with Crippen LogP contribution in [-0.4, -0.2) is 23.9 Å². The van der Waals surface area contributed by atoms with Gasteiger partial charge in [0.2, 0.25) is 5.91 Å². The zero-order valence-corrected chi connectivity index (χ0v) is 16.5. The van der Waals surface area contributed by atoms with Crippen molar-refractivity contribution < 1.29 is 9.53 Å². The molecule has 0 radical (unpaired) electrons. The van der Waals surface area contributed by atoms with Gasteiger partial charge in [-0.05, 0) is 59.9 Å². The number of carbonyl (C=O) groups excluding carboxylic acids is 1. The van der Waals surface area contributed by atoms with Crippen LogP contribution in [0, 0.1) is 16.9 Å². The average molecular weight is 395 g/mol. The second-order valence-electron chi connectivity index (χ2n) is 7.93. The van der Waals surface area contributed by atoms with Crippen molar-refractivity contribution in [3.8, 4) is 28.8 Å². The topological polar surface area (TPSA) is 65.4 Å². The van der Waals surface area contributed by atoms with E-state index >= 15 is 0 Å². The predicted octanol–water partition coefficient (Wildman–Crippen LogP) is 4.81. The Kier molecular flexibility index (Phi) is 4.40. The Labute approximate surface area is 175 Å². The lowest BCUT2D eigenvalue weighted by atomic mass is 9.77. The van der Waals surface area contributed by atoms with Crippen LogP contribution in [0.5, 0.6) is 11.5 Å². The number of nitriles is 1. The molecule has 1 atom stereocenters. The number of para-hydroxylation sites is 1. The number of hydrogen-bond donors (Lipinski definition) is 1. The van der Waals surface area contributed by atoms with Crippen molar-refractivity contribution in [2.45, 2.75) is 12.8 Å². The molecular formula is C25H21N3O2. The van der Waals surface area contributed by atoms with E-state index in [1.165, 1.54) is 4.90 Å². The molecule has 1 spiro atoms. The maximum absolute atomic E-state index is 12.6. The molecule has 3 aromatic carbocycles. The van der Waals surface area contributed by atoms with Gasteiger partial charge in [0, 0.05) is 18.8 Å². The van der Waals surface area contributed by atoms with Crippen LogP contribution in [0.2, 0.25) is 0 Å². The zero-order chi connectivity index (χ0) is 20.6. The number of rotatable bonds is 3. The summed E-state index contributed by atoms with van der Waals surface area (Å²) in [5.74, 6) is 1.56. The molecule has 2 aliphatic rings. The standard InChI is InChI=1S/C25H21N3O2/c26-17-28-13-12-25(24(28)29)15-20-7-6-19(14-23(20)27-16-25)18-8-10-22(11-9-18)30-21-4-2-1-3-5-21/h1-11,14,27H,12-13,15-16H2. The van der Waals surface area contributed by atoms with Gasteiger partial charge in [-0.1, -0.05) is 42.5 Å². The maximum Gasteiger partial charge on any atom is 0.243 e. The van der Waals surface area contributed by atoms with Gasteiger partial charge in [0.25, 0.3) is 0 Å². The second kappa shape index (κ2) is 7.23. The van der Waals surface area contributed by atoms with Crippen molar-refractivity contribution in [2.24, 2.45) is 5.41 Å². The van der Waals surface area contributed by atoms with Gasteiger partial charge in [-0.25, -0.2) is 4.90 Å². The number of ether oxygens (including phenoxy) is 1. The van der Waals surface area contributed by atoms with Crippen LogP contribution in [0.25, 0.3) is 11.1 Å². The minimum absolute atomic E-state index is 0.0544. The van der Waals surface area contributed by atoms with Crippen molar-refractivity contribution in [3.63, 3.8) is 0 Å². The summed E-state index contributed by atoms with van der Waals surface area (Å²) < 4.78 is 5.87. The van der Waals surface area contributed by atoms with Gasteiger partial charge in [0.15, 0.2) is 6.19 Å². The maximum atomic E-state index is 12.6. The molecule has 1 fully saturated rings. The van der Waals surface area contributed by atoms with Crippen LogP contribution < -0.4 is 10.1 Å². The first-order valence-corrected chi connectivity index (χ1v) is 10.1. The molecule has 2 heterocycles. The van der Waals surface area contributed by atoms with E-state index in [1.807, 2.05) is 48.7 Å². The quantitative estimate of drug-likeness (QED) is 0.646. The van der Waals surface area contributed by atoms with E-state index in [9.17, 15) is 4.79 Å². The number of nitrogens with one attached hydrogen (secondary N) is 1. The monoisotopic (exact) mass is 395 g/mol. The Hall–Kier alpha value is -3.78. The molecule has 0 aromatic heterocycles. The highest BCUT2D eigenvalue weighted by Crippen LogP contribution is 2.41. The van der Waals surface area contributed by atoms with Crippen LogP contribution in [0.1, 0.15) is 12.0 Å². The molecule has 2 aliphatic heterocycles. The molecule has 5 nitrogen and oxygen atoms in total. The Morgan fingerprint density at radius 3 is 2.43 bits per heavy atom. The van der Waals surface area contributed by atoms with E-state index in [0.29, 0.717) is 19.5 Å². The Morgan fingerprint density at radius 2 is 1.70 bits per heavy atom. The van der Waals surface area contributed by atoms with Crippen LogP contribution >= 0.6 is 0 Å². The molecule has 30 heavy (non-hydrogen) atoms. The number of carbonyl (C=O) groups is 1. The van der Waals surface area contributed by atoms with Gasteiger partial charge < -0.3 is 10.1 Å². The van der Waals surface area contributed by atoms with Gasteiger partial charge in [0.1, 0.15) is 11.5 Å². The predicted molar refractivity (Wildman–Crippen MR) is 115 cm³/mol. The Morgan fingerprint density at radius 1 is 0.967 bits per heavy atom. The highest BCUT2D eigenvalue weighted by atomic mass is 16.5. The number of benzene rings is 3. The SMILES string of the molecule is N#CN1CCC2(CNc3cc(-c4ccc(Oc5ccccc5)cc4)ccc3C2)C1=O. The zero-order valence-electron chi connectivity index (χ0n) is 16.5. The number of amides is 1. The van der Waals surface area contributed by atoms with E-state index in [4.69, 9.17) is 10.00 Å². The fourth-order valence-corrected chi connectivity index (χ4v) is 4.35. The van der Waals surface area contributed by atoms with Crippen molar-refractivity contribution in [3.05, 3.63) is 78.4 Å².